The van der Waals surface area contributed by atoms with Crippen molar-refractivity contribution in [2.75, 3.05) is 19.6 Å². The average Bonchev–Trinajstić information content (AvgIpc) is 2.44. The van der Waals surface area contributed by atoms with Gasteiger partial charge in [-0.3, -0.25) is 4.90 Å². The summed E-state index contributed by atoms with van der Waals surface area (Å²) >= 11 is 0. The third kappa shape index (κ3) is 3.35. The van der Waals surface area contributed by atoms with Crippen LogP contribution in [0.2, 0.25) is 0 Å². The van der Waals surface area contributed by atoms with Crippen molar-refractivity contribution in [1.82, 2.24) is 4.90 Å². The van der Waals surface area contributed by atoms with Gasteiger partial charge in [0.15, 0.2) is 0 Å². The molecule has 3 atom stereocenters. The second kappa shape index (κ2) is 6.04. The zero-order valence-electron chi connectivity index (χ0n) is 12.0. The summed E-state index contributed by atoms with van der Waals surface area (Å²) in [5, 5.41) is 10.9. The molecule has 1 fully saturated rings. The van der Waals surface area contributed by atoms with E-state index in [-0.39, 0.29) is 6.54 Å². The Hall–Kier alpha value is -0.900. The molecule has 0 radical (unpaired) electrons. The van der Waals surface area contributed by atoms with Crippen LogP contribution in [-0.2, 0) is 5.60 Å². The lowest BCUT2D eigenvalue weighted by Crippen LogP contribution is -2.51. The molecule has 3 unspecified atom stereocenters. The van der Waals surface area contributed by atoms with E-state index in [9.17, 15) is 5.11 Å². The topological polar surface area (TPSA) is 49.5 Å². The summed E-state index contributed by atoms with van der Waals surface area (Å²) in [6.07, 6.45) is 2.49. The molecule has 0 amide bonds. The first-order valence-electron chi connectivity index (χ1n) is 7.27. The number of nitrogens with two attached hydrogens (primary N) is 1. The quantitative estimate of drug-likeness (QED) is 0.872. The minimum Gasteiger partial charge on any atom is -0.382 e. The van der Waals surface area contributed by atoms with Gasteiger partial charge in [-0.2, -0.15) is 0 Å². The van der Waals surface area contributed by atoms with Gasteiger partial charge in [-0.15, -0.1) is 0 Å². The van der Waals surface area contributed by atoms with E-state index >= 15 is 0 Å². The van der Waals surface area contributed by atoms with Crippen molar-refractivity contribution in [2.24, 2.45) is 11.7 Å². The average molecular weight is 262 g/mol. The molecule has 0 saturated carbocycles. The number of likely N-dealkylation sites (tertiary alicyclic amines) is 1. The molecule has 2 rings (SSSR count). The number of nitrogens with zero attached hydrogens (tertiary/aromatic N) is 1. The van der Waals surface area contributed by atoms with Crippen molar-refractivity contribution < 1.29 is 5.11 Å². The second-order valence-electron chi connectivity index (χ2n) is 6.06. The smallest absolute Gasteiger partial charge is 0.114 e. The second-order valence-corrected chi connectivity index (χ2v) is 6.06. The predicted octanol–water partition coefficient (Wildman–Crippen LogP) is 1.95. The number of aliphatic hydroxyl groups is 1. The number of benzene rings is 1. The molecule has 0 aliphatic carbocycles. The van der Waals surface area contributed by atoms with E-state index in [2.05, 4.69) is 18.7 Å². The Balaban J connectivity index is 2.14. The third-order valence-corrected chi connectivity index (χ3v) is 4.36. The van der Waals surface area contributed by atoms with Crippen molar-refractivity contribution in [1.29, 1.82) is 0 Å². The molecule has 106 valence electrons. The Morgan fingerprint density at radius 2 is 1.95 bits per heavy atom. The number of rotatable bonds is 4. The van der Waals surface area contributed by atoms with Crippen molar-refractivity contribution in [3.05, 3.63) is 35.9 Å². The fourth-order valence-corrected chi connectivity index (χ4v) is 2.96. The number of piperidine rings is 1. The fourth-order valence-electron chi connectivity index (χ4n) is 2.96. The van der Waals surface area contributed by atoms with Crippen LogP contribution in [0.15, 0.2) is 30.3 Å². The maximum atomic E-state index is 10.9. The van der Waals surface area contributed by atoms with Crippen LogP contribution < -0.4 is 5.73 Å². The van der Waals surface area contributed by atoms with Crippen LogP contribution in [0.4, 0.5) is 0 Å². The van der Waals surface area contributed by atoms with E-state index in [1.165, 1.54) is 12.8 Å². The Morgan fingerprint density at radius 3 is 2.58 bits per heavy atom. The minimum absolute atomic E-state index is 0.259. The van der Waals surface area contributed by atoms with Crippen molar-refractivity contribution in [3.63, 3.8) is 0 Å². The van der Waals surface area contributed by atoms with Crippen LogP contribution in [0, 0.1) is 5.92 Å². The molecular formula is C16H26N2O. The molecule has 1 heterocycles. The number of hydrogen-bond donors (Lipinski definition) is 2. The summed E-state index contributed by atoms with van der Waals surface area (Å²) in [4.78, 5) is 2.38. The first-order chi connectivity index (χ1) is 9.05. The highest BCUT2D eigenvalue weighted by molar-refractivity contribution is 5.23. The highest BCUT2D eigenvalue weighted by Crippen LogP contribution is 2.27. The lowest BCUT2D eigenvalue weighted by Gasteiger charge is -2.41. The van der Waals surface area contributed by atoms with Gasteiger partial charge in [0.25, 0.3) is 0 Å². The van der Waals surface area contributed by atoms with Crippen LogP contribution in [0.5, 0.6) is 0 Å². The first-order valence-corrected chi connectivity index (χ1v) is 7.27. The van der Waals surface area contributed by atoms with Crippen molar-refractivity contribution in [2.45, 2.75) is 38.3 Å². The maximum Gasteiger partial charge on any atom is 0.114 e. The predicted molar refractivity (Wildman–Crippen MR) is 78.8 cm³/mol. The third-order valence-electron chi connectivity index (χ3n) is 4.36. The zero-order valence-corrected chi connectivity index (χ0v) is 12.0. The normalized spacial score (nSPS) is 28.0. The van der Waals surface area contributed by atoms with E-state index in [1.807, 2.05) is 30.3 Å². The summed E-state index contributed by atoms with van der Waals surface area (Å²) in [5.41, 5.74) is 5.84. The Bertz CT molecular complexity index is 395. The summed E-state index contributed by atoms with van der Waals surface area (Å²) < 4.78 is 0. The molecule has 3 N–H and O–H groups in total. The first kappa shape index (κ1) is 14.5. The van der Waals surface area contributed by atoms with E-state index in [1.54, 1.807) is 0 Å². The van der Waals surface area contributed by atoms with E-state index < -0.39 is 5.60 Å². The molecule has 0 aromatic heterocycles. The van der Waals surface area contributed by atoms with Crippen LogP contribution >= 0.6 is 0 Å². The lowest BCUT2D eigenvalue weighted by atomic mass is 9.89. The standard InChI is InChI=1S/C16H26N2O/c1-13-8-9-14(2)18(10-13)12-16(19,11-17)15-6-4-3-5-7-15/h3-7,13-14,19H,8-12,17H2,1-2H3. The minimum atomic E-state index is -0.938. The molecular weight excluding hydrogens is 236 g/mol. The highest BCUT2D eigenvalue weighted by Gasteiger charge is 2.33. The summed E-state index contributed by atoms with van der Waals surface area (Å²) in [6.45, 7) is 6.46. The van der Waals surface area contributed by atoms with Gasteiger partial charge in [-0.1, -0.05) is 37.3 Å². The Labute approximate surface area is 116 Å². The monoisotopic (exact) mass is 262 g/mol. The van der Waals surface area contributed by atoms with Crippen molar-refractivity contribution >= 4 is 0 Å². The van der Waals surface area contributed by atoms with Gasteiger partial charge in [-0.25, -0.2) is 0 Å². The molecule has 1 aliphatic rings. The Morgan fingerprint density at radius 1 is 1.26 bits per heavy atom. The van der Waals surface area contributed by atoms with Gasteiger partial charge in [-0.05, 0) is 31.2 Å². The molecule has 1 aromatic rings. The number of β-amino-alcohol motifs (C(OH)–C–C–N with tert-alkyl or cyclic N) is 1. The molecule has 3 heteroatoms. The summed E-state index contributed by atoms with van der Waals surface area (Å²) in [5.74, 6) is 0.703. The summed E-state index contributed by atoms with van der Waals surface area (Å²) in [7, 11) is 0. The van der Waals surface area contributed by atoms with Gasteiger partial charge in [0, 0.05) is 25.7 Å². The molecule has 1 aromatic carbocycles. The fraction of sp³-hybridized carbons (Fsp3) is 0.625. The molecule has 1 aliphatic heterocycles. The molecule has 0 spiro atoms. The van der Waals surface area contributed by atoms with Gasteiger partial charge >= 0.3 is 0 Å². The van der Waals surface area contributed by atoms with E-state index in [0.717, 1.165) is 12.1 Å². The van der Waals surface area contributed by atoms with Gasteiger partial charge < -0.3 is 10.8 Å². The molecule has 3 nitrogen and oxygen atoms in total. The Kier molecular flexibility index (Phi) is 4.61. The van der Waals surface area contributed by atoms with Crippen LogP contribution in [-0.4, -0.2) is 35.7 Å². The lowest BCUT2D eigenvalue weighted by molar-refractivity contribution is -0.0190. The van der Waals surface area contributed by atoms with Gasteiger partial charge in [0.05, 0.1) is 0 Å². The van der Waals surface area contributed by atoms with Crippen molar-refractivity contribution in [3.8, 4) is 0 Å². The van der Waals surface area contributed by atoms with E-state index in [4.69, 9.17) is 5.73 Å². The maximum absolute atomic E-state index is 10.9. The van der Waals surface area contributed by atoms with E-state index in [0.29, 0.717) is 18.5 Å². The molecule has 1 saturated heterocycles. The highest BCUT2D eigenvalue weighted by atomic mass is 16.3. The van der Waals surface area contributed by atoms with Crippen LogP contribution in [0.3, 0.4) is 0 Å². The van der Waals surface area contributed by atoms with Crippen LogP contribution in [0.1, 0.15) is 32.3 Å². The van der Waals surface area contributed by atoms with Crippen LogP contribution in [0.25, 0.3) is 0 Å². The van der Waals surface area contributed by atoms with Gasteiger partial charge in [0.2, 0.25) is 0 Å². The molecule has 0 bridgehead atoms. The zero-order chi connectivity index (χ0) is 13.9. The van der Waals surface area contributed by atoms with Gasteiger partial charge in [0.1, 0.15) is 5.60 Å². The SMILES string of the molecule is CC1CCC(C)N(CC(O)(CN)c2ccccc2)C1. The number of hydrogen-bond acceptors (Lipinski definition) is 3. The molecule has 19 heavy (non-hydrogen) atoms. The summed E-state index contributed by atoms with van der Waals surface area (Å²) in [6, 6.07) is 10.3. The largest absolute Gasteiger partial charge is 0.382 e.